The lowest BCUT2D eigenvalue weighted by Crippen LogP contribution is -2.06. The van der Waals surface area contributed by atoms with Crippen LogP contribution in [0.1, 0.15) is 40.0 Å². The van der Waals surface area contributed by atoms with Gasteiger partial charge in [0.2, 0.25) is 0 Å². The van der Waals surface area contributed by atoms with E-state index in [0.717, 1.165) is 4.47 Å². The lowest BCUT2D eigenvalue weighted by Gasteiger charge is -2.09. The van der Waals surface area contributed by atoms with Gasteiger partial charge in [-0.3, -0.25) is 9.59 Å². The van der Waals surface area contributed by atoms with Gasteiger partial charge in [0.05, 0.1) is 12.7 Å². The Bertz CT molecular complexity index is 1050. The molecule has 2 aromatic heterocycles. The van der Waals surface area contributed by atoms with E-state index in [1.807, 2.05) is 0 Å². The van der Waals surface area contributed by atoms with Gasteiger partial charge in [-0.2, -0.15) is 0 Å². The van der Waals surface area contributed by atoms with Crippen molar-refractivity contribution in [3.8, 4) is 17.3 Å². The summed E-state index contributed by atoms with van der Waals surface area (Å²) in [5.41, 5.74) is 2.82. The number of ketones is 1. The van der Waals surface area contributed by atoms with Gasteiger partial charge in [0.25, 0.3) is 11.8 Å². The van der Waals surface area contributed by atoms with Crippen LogP contribution in [0.4, 0.5) is 0 Å². The normalized spacial score (nSPS) is 10.8. The highest BCUT2D eigenvalue weighted by molar-refractivity contribution is 9.10. The van der Waals surface area contributed by atoms with E-state index in [-0.39, 0.29) is 24.2 Å². The maximum Gasteiger partial charge on any atom is 0.303 e. The monoisotopic (exact) mass is 447 g/mol. The lowest BCUT2D eigenvalue weighted by atomic mass is 9.99. The Kier molecular flexibility index (Phi) is 5.64. The number of benzene rings is 1. The Labute approximate surface area is 169 Å². The largest absolute Gasteiger partial charge is 0.496 e. The van der Waals surface area contributed by atoms with E-state index in [1.54, 1.807) is 32.0 Å². The predicted molar refractivity (Wildman–Crippen MR) is 103 cm³/mol. The van der Waals surface area contributed by atoms with E-state index >= 15 is 0 Å². The SMILES string of the molecule is COc1ccc(Br)cc1C(=O)c1c(C)[nH]c(-c2nnc(COC(C)=O)o2)c1C. The summed E-state index contributed by atoms with van der Waals surface area (Å²) in [4.78, 5) is 27.2. The number of nitrogens with one attached hydrogen (secondary N) is 1. The standard InChI is InChI=1S/C19H18BrN3O5/c1-9-16(18(25)13-7-12(20)5-6-14(13)26-4)10(2)21-17(9)19-23-22-15(28-19)8-27-11(3)24/h5-7,21H,8H2,1-4H3. The molecule has 0 saturated carbocycles. The molecule has 0 aliphatic rings. The van der Waals surface area contributed by atoms with Gasteiger partial charge in [-0.05, 0) is 37.6 Å². The molecule has 0 unspecified atom stereocenters. The van der Waals surface area contributed by atoms with Crippen molar-refractivity contribution < 1.29 is 23.5 Å². The van der Waals surface area contributed by atoms with Crippen LogP contribution in [0.25, 0.3) is 11.6 Å². The van der Waals surface area contributed by atoms with Crippen LogP contribution in [0.5, 0.6) is 5.75 Å². The highest BCUT2D eigenvalue weighted by Crippen LogP contribution is 2.32. The van der Waals surface area contributed by atoms with Crippen LogP contribution >= 0.6 is 15.9 Å². The molecule has 0 radical (unpaired) electrons. The van der Waals surface area contributed by atoms with Crippen LogP contribution in [-0.2, 0) is 16.1 Å². The van der Waals surface area contributed by atoms with Gasteiger partial charge in [-0.25, -0.2) is 0 Å². The van der Waals surface area contributed by atoms with Gasteiger partial charge in [0, 0.05) is 22.7 Å². The van der Waals surface area contributed by atoms with Crippen molar-refractivity contribution in [1.29, 1.82) is 0 Å². The van der Waals surface area contributed by atoms with Gasteiger partial charge in [0.15, 0.2) is 12.4 Å². The third-order valence-electron chi connectivity index (χ3n) is 4.15. The minimum Gasteiger partial charge on any atom is -0.496 e. The summed E-state index contributed by atoms with van der Waals surface area (Å²) >= 11 is 3.39. The molecule has 0 saturated heterocycles. The van der Waals surface area contributed by atoms with Crippen molar-refractivity contribution in [2.24, 2.45) is 0 Å². The lowest BCUT2D eigenvalue weighted by molar-refractivity contribution is -0.142. The average Bonchev–Trinajstić information content (AvgIpc) is 3.23. The highest BCUT2D eigenvalue weighted by Gasteiger charge is 2.25. The summed E-state index contributed by atoms with van der Waals surface area (Å²) < 4.78 is 16.5. The first-order valence-corrected chi connectivity index (χ1v) is 9.14. The third kappa shape index (κ3) is 3.84. The number of ether oxygens (including phenoxy) is 2. The fourth-order valence-electron chi connectivity index (χ4n) is 2.87. The topological polar surface area (TPSA) is 107 Å². The van der Waals surface area contributed by atoms with E-state index in [2.05, 4.69) is 31.1 Å². The first-order chi connectivity index (χ1) is 13.3. The number of aryl methyl sites for hydroxylation is 1. The first-order valence-electron chi connectivity index (χ1n) is 8.35. The van der Waals surface area contributed by atoms with Crippen LogP contribution in [0.15, 0.2) is 27.1 Å². The van der Waals surface area contributed by atoms with Gasteiger partial charge < -0.3 is 18.9 Å². The highest BCUT2D eigenvalue weighted by atomic mass is 79.9. The maximum atomic E-state index is 13.2. The number of hydrogen-bond donors (Lipinski definition) is 1. The quantitative estimate of drug-likeness (QED) is 0.452. The number of aromatic amines is 1. The van der Waals surface area contributed by atoms with Crippen LogP contribution in [0, 0.1) is 13.8 Å². The molecule has 0 aliphatic carbocycles. The Morgan fingerprint density at radius 3 is 2.68 bits per heavy atom. The zero-order valence-corrected chi connectivity index (χ0v) is 17.3. The fourth-order valence-corrected chi connectivity index (χ4v) is 3.23. The number of esters is 1. The van der Waals surface area contributed by atoms with Crippen LogP contribution in [-0.4, -0.2) is 34.0 Å². The van der Waals surface area contributed by atoms with Crippen molar-refractivity contribution in [2.45, 2.75) is 27.4 Å². The van der Waals surface area contributed by atoms with Crippen molar-refractivity contribution in [3.63, 3.8) is 0 Å². The molecular formula is C19H18BrN3O5. The molecule has 0 fully saturated rings. The number of methoxy groups -OCH3 is 1. The molecule has 0 bridgehead atoms. The van der Waals surface area contributed by atoms with E-state index in [9.17, 15) is 9.59 Å². The molecule has 0 atom stereocenters. The molecule has 3 rings (SSSR count). The Morgan fingerprint density at radius 1 is 1.25 bits per heavy atom. The maximum absolute atomic E-state index is 13.2. The molecule has 1 aromatic carbocycles. The second kappa shape index (κ2) is 7.97. The molecule has 2 heterocycles. The fraction of sp³-hybridized carbons (Fsp3) is 0.263. The third-order valence-corrected chi connectivity index (χ3v) is 4.64. The van der Waals surface area contributed by atoms with Gasteiger partial charge in [0.1, 0.15) is 11.4 Å². The summed E-state index contributed by atoms with van der Waals surface area (Å²) in [6.45, 7) is 4.78. The summed E-state index contributed by atoms with van der Waals surface area (Å²) in [5.74, 6) is 0.232. The number of nitrogens with zero attached hydrogens (tertiary/aromatic N) is 2. The Balaban J connectivity index is 1.98. The molecule has 28 heavy (non-hydrogen) atoms. The average molecular weight is 448 g/mol. The van der Waals surface area contributed by atoms with Gasteiger partial charge in [-0.15, -0.1) is 10.2 Å². The van der Waals surface area contributed by atoms with Gasteiger partial charge in [-0.1, -0.05) is 15.9 Å². The number of halogens is 1. The second-order valence-corrected chi connectivity index (χ2v) is 7.00. The van der Waals surface area contributed by atoms with Crippen molar-refractivity contribution in [3.05, 3.63) is 50.9 Å². The molecule has 0 amide bonds. The number of H-pyrrole nitrogens is 1. The van der Waals surface area contributed by atoms with Crippen LogP contribution < -0.4 is 4.74 Å². The van der Waals surface area contributed by atoms with Gasteiger partial charge >= 0.3 is 5.97 Å². The smallest absolute Gasteiger partial charge is 0.303 e. The zero-order chi connectivity index (χ0) is 20.4. The molecule has 0 aliphatic heterocycles. The van der Waals surface area contributed by atoms with Crippen molar-refractivity contribution in [2.75, 3.05) is 7.11 Å². The molecule has 3 aromatic rings. The summed E-state index contributed by atoms with van der Waals surface area (Å²) in [6.07, 6.45) is 0. The van der Waals surface area contributed by atoms with Crippen LogP contribution in [0.2, 0.25) is 0 Å². The number of carbonyl (C=O) groups excluding carboxylic acids is 2. The van der Waals surface area contributed by atoms with E-state index < -0.39 is 5.97 Å². The zero-order valence-electron chi connectivity index (χ0n) is 15.8. The van der Waals surface area contributed by atoms with E-state index in [0.29, 0.717) is 33.8 Å². The molecule has 146 valence electrons. The number of aromatic nitrogens is 3. The van der Waals surface area contributed by atoms with E-state index in [1.165, 1.54) is 14.0 Å². The number of rotatable bonds is 6. The number of hydrogen-bond acceptors (Lipinski definition) is 7. The second-order valence-electron chi connectivity index (χ2n) is 6.08. The number of carbonyl (C=O) groups is 2. The summed E-state index contributed by atoms with van der Waals surface area (Å²) in [5, 5.41) is 7.84. The summed E-state index contributed by atoms with van der Waals surface area (Å²) in [7, 11) is 1.52. The minimum atomic E-state index is -0.442. The summed E-state index contributed by atoms with van der Waals surface area (Å²) in [6, 6.07) is 5.26. The molecule has 1 N–H and O–H groups in total. The Hall–Kier alpha value is -2.94. The molecule has 9 heteroatoms. The first kappa shape index (κ1) is 19.8. The van der Waals surface area contributed by atoms with Crippen molar-refractivity contribution in [1.82, 2.24) is 15.2 Å². The molecule has 0 spiro atoms. The Morgan fingerprint density at radius 2 is 2.00 bits per heavy atom. The minimum absolute atomic E-state index is 0.109. The molecule has 8 nitrogen and oxygen atoms in total. The van der Waals surface area contributed by atoms with Crippen LogP contribution in [0.3, 0.4) is 0 Å². The predicted octanol–water partition coefficient (Wildman–Crippen LogP) is 3.75. The van der Waals surface area contributed by atoms with Crippen molar-refractivity contribution >= 4 is 27.7 Å². The molecular weight excluding hydrogens is 430 g/mol. The van der Waals surface area contributed by atoms with E-state index in [4.69, 9.17) is 13.9 Å².